The second-order valence-corrected chi connectivity index (χ2v) is 5.02. The minimum absolute atomic E-state index is 0.0635. The van der Waals surface area contributed by atoms with Crippen molar-refractivity contribution in [1.29, 1.82) is 0 Å². The average molecular weight is 298 g/mol. The highest BCUT2D eigenvalue weighted by molar-refractivity contribution is 6.36. The monoisotopic (exact) mass is 297 g/mol. The number of hydrogen-bond acceptors (Lipinski definition) is 2. The molecular formula is C14H13Cl2NO2. The lowest BCUT2D eigenvalue weighted by Crippen LogP contribution is -2.27. The van der Waals surface area contributed by atoms with Crippen LogP contribution in [0.15, 0.2) is 41.0 Å². The average Bonchev–Trinajstić information content (AvgIpc) is 2.86. The molecule has 0 spiro atoms. The third kappa shape index (κ3) is 3.52. The van der Waals surface area contributed by atoms with Crippen molar-refractivity contribution in [1.82, 2.24) is 4.90 Å². The molecule has 0 radical (unpaired) electrons. The fourth-order valence-electron chi connectivity index (χ4n) is 1.71. The molecule has 0 aliphatic rings. The maximum atomic E-state index is 12.1. The Morgan fingerprint density at radius 3 is 2.47 bits per heavy atom. The lowest BCUT2D eigenvalue weighted by molar-refractivity contribution is -0.129. The van der Waals surface area contributed by atoms with Gasteiger partial charge in [-0.25, -0.2) is 0 Å². The maximum absolute atomic E-state index is 12.1. The van der Waals surface area contributed by atoms with Gasteiger partial charge in [-0.1, -0.05) is 29.3 Å². The Labute approximate surface area is 121 Å². The highest BCUT2D eigenvalue weighted by Crippen LogP contribution is 2.25. The van der Waals surface area contributed by atoms with Crippen molar-refractivity contribution in [3.8, 4) is 0 Å². The van der Waals surface area contributed by atoms with E-state index in [0.29, 0.717) is 22.2 Å². The minimum atomic E-state index is -0.0635. The fourth-order valence-corrected chi connectivity index (χ4v) is 2.24. The number of rotatable bonds is 4. The van der Waals surface area contributed by atoms with Gasteiger partial charge in [-0.3, -0.25) is 4.79 Å². The zero-order valence-electron chi connectivity index (χ0n) is 10.4. The molecule has 0 aliphatic heterocycles. The van der Waals surface area contributed by atoms with Crippen molar-refractivity contribution < 1.29 is 9.21 Å². The van der Waals surface area contributed by atoms with Gasteiger partial charge in [0.1, 0.15) is 5.76 Å². The third-order valence-corrected chi connectivity index (χ3v) is 3.50. The first kappa shape index (κ1) is 14.0. The number of hydrogen-bond donors (Lipinski definition) is 0. The van der Waals surface area contributed by atoms with Gasteiger partial charge in [0.15, 0.2) is 0 Å². The molecule has 0 fully saturated rings. The van der Waals surface area contributed by atoms with E-state index in [0.717, 1.165) is 5.76 Å². The molecular weight excluding hydrogens is 285 g/mol. The number of benzene rings is 1. The molecule has 0 bridgehead atoms. The Morgan fingerprint density at radius 2 is 1.89 bits per heavy atom. The summed E-state index contributed by atoms with van der Waals surface area (Å²) in [5, 5.41) is 1.01. The van der Waals surface area contributed by atoms with Gasteiger partial charge in [-0.15, -0.1) is 0 Å². The first-order valence-corrected chi connectivity index (χ1v) is 6.52. The van der Waals surface area contributed by atoms with Crippen molar-refractivity contribution in [2.75, 3.05) is 7.05 Å². The summed E-state index contributed by atoms with van der Waals surface area (Å²) >= 11 is 12.1. The van der Waals surface area contributed by atoms with Crippen molar-refractivity contribution >= 4 is 29.1 Å². The largest absolute Gasteiger partial charge is 0.467 e. The van der Waals surface area contributed by atoms with E-state index in [1.807, 2.05) is 6.07 Å². The van der Waals surface area contributed by atoms with Gasteiger partial charge in [-0.2, -0.15) is 0 Å². The lowest BCUT2D eigenvalue weighted by atomic mass is 10.1. The molecule has 0 saturated carbocycles. The van der Waals surface area contributed by atoms with Crippen LogP contribution in [0.25, 0.3) is 0 Å². The Kier molecular flexibility index (Phi) is 4.51. The SMILES string of the molecule is CN(Cc1ccco1)C(=O)Cc1c(Cl)cccc1Cl. The van der Waals surface area contributed by atoms with Crippen LogP contribution in [0.3, 0.4) is 0 Å². The van der Waals surface area contributed by atoms with Crippen LogP contribution in [0, 0.1) is 0 Å². The highest BCUT2D eigenvalue weighted by atomic mass is 35.5. The van der Waals surface area contributed by atoms with Crippen LogP contribution < -0.4 is 0 Å². The molecule has 1 aromatic carbocycles. The molecule has 100 valence electrons. The van der Waals surface area contributed by atoms with E-state index < -0.39 is 0 Å². The number of nitrogens with zero attached hydrogens (tertiary/aromatic N) is 1. The van der Waals surface area contributed by atoms with Gasteiger partial charge >= 0.3 is 0 Å². The summed E-state index contributed by atoms with van der Waals surface area (Å²) in [4.78, 5) is 13.7. The fraction of sp³-hybridized carbons (Fsp3) is 0.214. The van der Waals surface area contributed by atoms with E-state index in [1.54, 1.807) is 42.5 Å². The predicted molar refractivity (Wildman–Crippen MR) is 75.3 cm³/mol. The Bertz CT molecular complexity index is 547. The van der Waals surface area contributed by atoms with E-state index in [9.17, 15) is 4.79 Å². The summed E-state index contributed by atoms with van der Waals surface area (Å²) in [6, 6.07) is 8.82. The first-order valence-electron chi connectivity index (χ1n) is 5.77. The molecule has 5 heteroatoms. The van der Waals surface area contributed by atoms with Crippen LogP contribution in [-0.4, -0.2) is 17.9 Å². The molecule has 19 heavy (non-hydrogen) atoms. The smallest absolute Gasteiger partial charge is 0.227 e. The first-order chi connectivity index (χ1) is 9.08. The minimum Gasteiger partial charge on any atom is -0.467 e. The van der Waals surface area contributed by atoms with Crippen molar-refractivity contribution in [3.63, 3.8) is 0 Å². The predicted octanol–water partition coefficient (Wildman–Crippen LogP) is 3.79. The number of carbonyl (C=O) groups excluding carboxylic acids is 1. The van der Waals surface area contributed by atoms with Crippen LogP contribution in [0.1, 0.15) is 11.3 Å². The van der Waals surface area contributed by atoms with E-state index >= 15 is 0 Å². The van der Waals surface area contributed by atoms with Gasteiger partial charge < -0.3 is 9.32 Å². The summed E-state index contributed by atoms with van der Waals surface area (Å²) in [5.74, 6) is 0.674. The number of furan rings is 1. The summed E-state index contributed by atoms with van der Waals surface area (Å²) in [6.45, 7) is 0.425. The standard InChI is InChI=1S/C14H13Cl2NO2/c1-17(9-10-4-3-7-19-10)14(18)8-11-12(15)5-2-6-13(11)16/h2-7H,8-9H2,1H3. The summed E-state index contributed by atoms with van der Waals surface area (Å²) in [7, 11) is 1.72. The summed E-state index contributed by atoms with van der Waals surface area (Å²) in [5.41, 5.74) is 0.655. The van der Waals surface area contributed by atoms with Crippen molar-refractivity contribution in [2.24, 2.45) is 0 Å². The molecule has 2 aromatic rings. The molecule has 2 rings (SSSR count). The van der Waals surface area contributed by atoms with E-state index in [4.69, 9.17) is 27.6 Å². The van der Waals surface area contributed by atoms with Gasteiger partial charge in [0, 0.05) is 17.1 Å². The lowest BCUT2D eigenvalue weighted by Gasteiger charge is -2.16. The topological polar surface area (TPSA) is 33.5 Å². The van der Waals surface area contributed by atoms with Crippen LogP contribution in [0.4, 0.5) is 0 Å². The Morgan fingerprint density at radius 1 is 1.21 bits per heavy atom. The van der Waals surface area contributed by atoms with E-state index in [2.05, 4.69) is 0 Å². The van der Waals surface area contributed by atoms with Crippen molar-refractivity contribution in [2.45, 2.75) is 13.0 Å². The van der Waals surface area contributed by atoms with Crippen LogP contribution in [0.2, 0.25) is 10.0 Å². The summed E-state index contributed by atoms with van der Waals surface area (Å²) < 4.78 is 5.21. The maximum Gasteiger partial charge on any atom is 0.227 e. The van der Waals surface area contributed by atoms with E-state index in [-0.39, 0.29) is 12.3 Å². The number of amides is 1. The molecule has 0 aliphatic carbocycles. The van der Waals surface area contributed by atoms with Crippen LogP contribution in [-0.2, 0) is 17.8 Å². The molecule has 0 unspecified atom stereocenters. The molecule has 1 amide bonds. The van der Waals surface area contributed by atoms with Gasteiger partial charge in [0.2, 0.25) is 5.91 Å². The summed E-state index contributed by atoms with van der Waals surface area (Å²) in [6.07, 6.45) is 1.76. The quantitative estimate of drug-likeness (QED) is 0.860. The molecule has 3 nitrogen and oxygen atoms in total. The molecule has 0 atom stereocenters. The Hall–Kier alpha value is -1.45. The van der Waals surface area contributed by atoms with E-state index in [1.165, 1.54) is 0 Å². The van der Waals surface area contributed by atoms with Gasteiger partial charge in [0.05, 0.1) is 19.2 Å². The molecule has 0 N–H and O–H groups in total. The molecule has 1 heterocycles. The highest BCUT2D eigenvalue weighted by Gasteiger charge is 2.15. The number of halogens is 2. The normalized spacial score (nSPS) is 10.5. The van der Waals surface area contributed by atoms with Gasteiger partial charge in [-0.05, 0) is 29.8 Å². The molecule has 0 saturated heterocycles. The third-order valence-electron chi connectivity index (χ3n) is 2.79. The second-order valence-electron chi connectivity index (χ2n) is 4.21. The number of carbonyl (C=O) groups is 1. The van der Waals surface area contributed by atoms with Crippen LogP contribution in [0.5, 0.6) is 0 Å². The van der Waals surface area contributed by atoms with Gasteiger partial charge in [0.25, 0.3) is 0 Å². The molecule has 1 aromatic heterocycles. The second kappa shape index (κ2) is 6.13. The number of likely N-dealkylation sites (N-methyl/N-ethyl adjacent to an activating group) is 1. The zero-order valence-corrected chi connectivity index (χ0v) is 11.9. The Balaban J connectivity index is 2.04. The van der Waals surface area contributed by atoms with Crippen molar-refractivity contribution in [3.05, 3.63) is 58.0 Å². The van der Waals surface area contributed by atoms with Crippen LogP contribution >= 0.6 is 23.2 Å². The zero-order chi connectivity index (χ0) is 13.8.